The molecule has 0 bridgehead atoms. The predicted octanol–water partition coefficient (Wildman–Crippen LogP) is -0.179. The van der Waals surface area contributed by atoms with Gasteiger partial charge in [-0.05, 0) is 13.0 Å². The molecule has 2 heterocycles. The number of aryl methyl sites for hydroxylation is 1. The molecule has 94 valence electrons. The molecular weight excluding hydrogens is 236 g/mol. The molecule has 2 aromatic heterocycles. The van der Waals surface area contributed by atoms with Crippen LogP contribution in [0.5, 0.6) is 0 Å². The van der Waals surface area contributed by atoms with E-state index in [2.05, 4.69) is 20.5 Å². The number of rotatable bonds is 3. The summed E-state index contributed by atoms with van der Waals surface area (Å²) in [6.07, 6.45) is 1.56. The summed E-state index contributed by atoms with van der Waals surface area (Å²) in [5.74, 6) is -0.457. The molecule has 8 heteroatoms. The zero-order valence-corrected chi connectivity index (χ0v) is 9.67. The number of nitrogens with two attached hydrogens (primary N) is 1. The van der Waals surface area contributed by atoms with Crippen LogP contribution in [-0.4, -0.2) is 25.7 Å². The van der Waals surface area contributed by atoms with Crippen molar-refractivity contribution in [2.75, 3.05) is 11.1 Å². The molecule has 0 atom stereocenters. The number of nitrogens with zero attached hydrogens (tertiary/aromatic N) is 3. The lowest BCUT2D eigenvalue weighted by Crippen LogP contribution is -2.20. The van der Waals surface area contributed by atoms with E-state index in [0.29, 0.717) is 12.2 Å². The first kappa shape index (κ1) is 11.8. The highest BCUT2D eigenvalue weighted by atomic mass is 16.2. The number of nitrogens with one attached hydrogen (secondary N) is 2. The average Bonchev–Trinajstić information content (AvgIpc) is 2.78. The number of pyridine rings is 1. The molecule has 0 unspecified atom stereocenters. The van der Waals surface area contributed by atoms with Gasteiger partial charge in [-0.25, -0.2) is 0 Å². The molecule has 0 aliphatic rings. The van der Waals surface area contributed by atoms with Gasteiger partial charge in [-0.1, -0.05) is 0 Å². The minimum absolute atomic E-state index is 0.00122. The lowest BCUT2D eigenvalue weighted by molar-refractivity contribution is 0.101. The Balaban J connectivity index is 2.19. The Morgan fingerprint density at radius 2 is 2.33 bits per heavy atom. The third-order valence-corrected chi connectivity index (χ3v) is 2.30. The second-order valence-electron chi connectivity index (χ2n) is 3.54. The summed E-state index contributed by atoms with van der Waals surface area (Å²) >= 11 is 0. The summed E-state index contributed by atoms with van der Waals surface area (Å²) in [7, 11) is 0. The van der Waals surface area contributed by atoms with Gasteiger partial charge in [-0.15, -0.1) is 5.10 Å². The van der Waals surface area contributed by atoms with Gasteiger partial charge in [0.2, 0.25) is 11.8 Å². The maximum absolute atomic E-state index is 11.7. The molecule has 2 rings (SSSR count). The van der Waals surface area contributed by atoms with Crippen molar-refractivity contribution in [3.8, 4) is 0 Å². The fourth-order valence-electron chi connectivity index (χ4n) is 1.42. The summed E-state index contributed by atoms with van der Waals surface area (Å²) < 4.78 is 1.48. The van der Waals surface area contributed by atoms with Crippen LogP contribution in [0.1, 0.15) is 17.5 Å². The van der Waals surface area contributed by atoms with Crippen molar-refractivity contribution in [1.82, 2.24) is 19.7 Å². The number of hydrogen-bond acceptors (Lipinski definition) is 5. The molecule has 0 fully saturated rings. The number of anilines is 2. The third-order valence-electron chi connectivity index (χ3n) is 2.30. The van der Waals surface area contributed by atoms with E-state index < -0.39 is 5.91 Å². The quantitative estimate of drug-likeness (QED) is 0.696. The number of aromatic amines is 1. The van der Waals surface area contributed by atoms with Crippen LogP contribution in [0.2, 0.25) is 0 Å². The van der Waals surface area contributed by atoms with E-state index in [1.54, 1.807) is 6.20 Å². The molecule has 4 N–H and O–H groups in total. The highest BCUT2D eigenvalue weighted by Gasteiger charge is 2.11. The Kier molecular flexibility index (Phi) is 3.09. The van der Waals surface area contributed by atoms with Crippen molar-refractivity contribution >= 4 is 17.5 Å². The van der Waals surface area contributed by atoms with Gasteiger partial charge in [0.1, 0.15) is 0 Å². The number of H-pyrrole nitrogens is 1. The van der Waals surface area contributed by atoms with Crippen LogP contribution in [0.15, 0.2) is 23.1 Å². The van der Waals surface area contributed by atoms with E-state index in [-0.39, 0.29) is 17.3 Å². The van der Waals surface area contributed by atoms with Gasteiger partial charge in [-0.2, -0.15) is 4.98 Å². The Labute approximate surface area is 102 Å². The summed E-state index contributed by atoms with van der Waals surface area (Å²) in [6.45, 7) is 2.36. The summed E-state index contributed by atoms with van der Waals surface area (Å²) in [4.78, 5) is 26.8. The average molecular weight is 248 g/mol. The number of nitrogen functional groups attached to an aromatic ring is 1. The normalized spacial score (nSPS) is 10.3. The number of amides is 1. The van der Waals surface area contributed by atoms with Crippen molar-refractivity contribution < 1.29 is 4.79 Å². The van der Waals surface area contributed by atoms with Crippen LogP contribution < -0.4 is 16.6 Å². The highest BCUT2D eigenvalue weighted by molar-refractivity contribution is 6.01. The van der Waals surface area contributed by atoms with Crippen LogP contribution >= 0.6 is 0 Å². The van der Waals surface area contributed by atoms with Gasteiger partial charge in [0.15, 0.2) is 0 Å². The van der Waals surface area contributed by atoms with Crippen LogP contribution in [-0.2, 0) is 6.54 Å². The molecule has 0 aliphatic carbocycles. The van der Waals surface area contributed by atoms with Gasteiger partial charge < -0.3 is 15.6 Å². The Morgan fingerprint density at radius 3 is 2.94 bits per heavy atom. The smallest absolute Gasteiger partial charge is 0.293 e. The molecule has 1 amide bonds. The Hall–Kier alpha value is -2.64. The topological polar surface area (TPSA) is 119 Å². The Morgan fingerprint density at radius 1 is 1.56 bits per heavy atom. The maximum atomic E-state index is 11.7. The second-order valence-corrected chi connectivity index (χ2v) is 3.54. The largest absolute Gasteiger partial charge is 0.366 e. The molecule has 0 aliphatic heterocycles. The van der Waals surface area contributed by atoms with Crippen molar-refractivity contribution in [3.63, 3.8) is 0 Å². The van der Waals surface area contributed by atoms with E-state index in [9.17, 15) is 9.59 Å². The summed E-state index contributed by atoms with van der Waals surface area (Å²) in [5, 5.41) is 8.54. The monoisotopic (exact) mass is 248 g/mol. The maximum Gasteiger partial charge on any atom is 0.293 e. The highest BCUT2D eigenvalue weighted by Crippen LogP contribution is 2.05. The number of carbonyl (C=O) groups excluding carboxylic acids is 1. The first-order chi connectivity index (χ1) is 8.60. The van der Waals surface area contributed by atoms with E-state index in [1.165, 1.54) is 16.7 Å². The van der Waals surface area contributed by atoms with Crippen LogP contribution in [0.4, 0.5) is 11.6 Å². The number of aromatic nitrogens is 4. The molecule has 2 aromatic rings. The fraction of sp³-hybridized carbons (Fsp3) is 0.200. The van der Waals surface area contributed by atoms with E-state index in [4.69, 9.17) is 5.73 Å². The SMILES string of the molecule is CCn1cc(NC(=O)c2nc(N)n[nH]2)ccc1=O. The predicted molar refractivity (Wildman–Crippen MR) is 65.1 cm³/mol. The van der Waals surface area contributed by atoms with Crippen molar-refractivity contribution in [2.24, 2.45) is 0 Å². The minimum Gasteiger partial charge on any atom is -0.366 e. The fourth-order valence-corrected chi connectivity index (χ4v) is 1.42. The van der Waals surface area contributed by atoms with Gasteiger partial charge in [0.05, 0.1) is 5.69 Å². The first-order valence-electron chi connectivity index (χ1n) is 5.30. The lowest BCUT2D eigenvalue weighted by Gasteiger charge is -2.06. The first-order valence-corrected chi connectivity index (χ1v) is 5.30. The zero-order chi connectivity index (χ0) is 13.1. The molecule has 0 saturated carbocycles. The summed E-state index contributed by atoms with van der Waals surface area (Å²) in [5.41, 5.74) is 5.67. The van der Waals surface area contributed by atoms with Crippen LogP contribution in [0.25, 0.3) is 0 Å². The number of hydrogen-bond donors (Lipinski definition) is 3. The van der Waals surface area contributed by atoms with Gasteiger partial charge in [0, 0.05) is 18.8 Å². The molecule has 8 nitrogen and oxygen atoms in total. The van der Waals surface area contributed by atoms with Crippen molar-refractivity contribution in [3.05, 3.63) is 34.5 Å². The number of carbonyl (C=O) groups is 1. The molecule has 0 spiro atoms. The molecule has 0 aromatic carbocycles. The van der Waals surface area contributed by atoms with Gasteiger partial charge >= 0.3 is 0 Å². The van der Waals surface area contributed by atoms with Gasteiger partial charge in [-0.3, -0.25) is 14.7 Å². The molecule has 0 saturated heterocycles. The standard InChI is InChI=1S/C10H12N6O2/c1-2-16-5-6(3-4-7(16)17)12-9(18)8-13-10(11)15-14-8/h3-5H,2H2,1H3,(H,12,18)(H3,11,13,14,15). The van der Waals surface area contributed by atoms with Crippen molar-refractivity contribution in [2.45, 2.75) is 13.5 Å². The third kappa shape index (κ3) is 2.37. The van der Waals surface area contributed by atoms with Gasteiger partial charge in [0.25, 0.3) is 11.5 Å². The second kappa shape index (κ2) is 4.70. The lowest BCUT2D eigenvalue weighted by atomic mass is 10.4. The minimum atomic E-state index is -0.472. The zero-order valence-electron chi connectivity index (χ0n) is 9.67. The van der Waals surface area contributed by atoms with E-state index >= 15 is 0 Å². The van der Waals surface area contributed by atoms with E-state index in [1.807, 2.05) is 6.92 Å². The molecule has 18 heavy (non-hydrogen) atoms. The van der Waals surface area contributed by atoms with Crippen molar-refractivity contribution in [1.29, 1.82) is 0 Å². The summed E-state index contributed by atoms with van der Waals surface area (Å²) in [6, 6.07) is 2.90. The Bertz CT molecular complexity index is 629. The van der Waals surface area contributed by atoms with E-state index in [0.717, 1.165) is 0 Å². The molecule has 0 radical (unpaired) electrons. The van der Waals surface area contributed by atoms with Crippen LogP contribution in [0, 0.1) is 0 Å². The molecular formula is C10H12N6O2. The van der Waals surface area contributed by atoms with Crippen LogP contribution in [0.3, 0.4) is 0 Å².